The van der Waals surface area contributed by atoms with Crippen LogP contribution in [0.5, 0.6) is 11.6 Å². The summed E-state index contributed by atoms with van der Waals surface area (Å²) in [6, 6.07) is 9.97. The van der Waals surface area contributed by atoms with Crippen LogP contribution in [-0.2, 0) is 6.54 Å². The highest BCUT2D eigenvalue weighted by Gasteiger charge is 2.03. The number of aryl methyl sites for hydroxylation is 1. The zero-order valence-corrected chi connectivity index (χ0v) is 12.1. The number of methoxy groups -OCH3 is 1. The minimum atomic E-state index is 0.625. The molecule has 0 fully saturated rings. The van der Waals surface area contributed by atoms with Crippen LogP contribution >= 0.6 is 0 Å². The molecule has 4 nitrogen and oxygen atoms in total. The van der Waals surface area contributed by atoms with E-state index in [9.17, 15) is 0 Å². The summed E-state index contributed by atoms with van der Waals surface area (Å²) in [4.78, 5) is 4.22. The van der Waals surface area contributed by atoms with Crippen molar-refractivity contribution in [2.75, 3.05) is 19.0 Å². The fourth-order valence-corrected chi connectivity index (χ4v) is 1.96. The van der Waals surface area contributed by atoms with Crippen molar-refractivity contribution in [1.29, 1.82) is 0 Å². The summed E-state index contributed by atoms with van der Waals surface area (Å²) in [7, 11) is 1.69. The minimum absolute atomic E-state index is 0.625. The molecule has 0 saturated carbocycles. The first-order chi connectivity index (χ1) is 9.72. The Balaban J connectivity index is 2.02. The van der Waals surface area contributed by atoms with E-state index in [1.165, 1.54) is 5.56 Å². The lowest BCUT2D eigenvalue weighted by Gasteiger charge is -2.11. The molecule has 1 aromatic heterocycles. The lowest BCUT2D eigenvalue weighted by atomic mass is 10.1. The Morgan fingerprint density at radius 3 is 2.70 bits per heavy atom. The van der Waals surface area contributed by atoms with Gasteiger partial charge in [-0.25, -0.2) is 4.98 Å². The number of rotatable bonds is 6. The topological polar surface area (TPSA) is 43.4 Å². The van der Waals surface area contributed by atoms with Crippen molar-refractivity contribution in [2.24, 2.45) is 0 Å². The Labute approximate surface area is 119 Å². The Kier molecular flexibility index (Phi) is 4.82. The molecule has 0 aliphatic rings. The molecule has 0 unspecified atom stereocenters. The van der Waals surface area contributed by atoms with Gasteiger partial charge in [0, 0.05) is 18.2 Å². The highest BCUT2D eigenvalue weighted by molar-refractivity contribution is 5.45. The predicted octanol–water partition coefficient (Wildman–Crippen LogP) is 3.41. The maximum atomic E-state index is 5.36. The third kappa shape index (κ3) is 3.63. The quantitative estimate of drug-likeness (QED) is 0.875. The van der Waals surface area contributed by atoms with Crippen molar-refractivity contribution in [3.05, 3.63) is 47.7 Å². The van der Waals surface area contributed by atoms with E-state index >= 15 is 0 Å². The van der Waals surface area contributed by atoms with Crippen LogP contribution in [0.3, 0.4) is 0 Å². The molecule has 0 amide bonds. The van der Waals surface area contributed by atoms with Gasteiger partial charge in [-0.2, -0.15) is 0 Å². The fourth-order valence-electron chi connectivity index (χ4n) is 1.96. The number of nitrogens with one attached hydrogen (secondary N) is 1. The number of ether oxygens (including phenoxy) is 2. The largest absolute Gasteiger partial charge is 0.496 e. The molecule has 1 N–H and O–H groups in total. The normalized spacial score (nSPS) is 10.2. The van der Waals surface area contributed by atoms with E-state index in [-0.39, 0.29) is 0 Å². The van der Waals surface area contributed by atoms with E-state index in [0.717, 1.165) is 17.0 Å². The van der Waals surface area contributed by atoms with Gasteiger partial charge >= 0.3 is 0 Å². The summed E-state index contributed by atoms with van der Waals surface area (Å²) >= 11 is 0. The summed E-state index contributed by atoms with van der Waals surface area (Å²) in [6.45, 7) is 5.33. The molecular formula is C16H20N2O2. The number of aromatic nitrogens is 1. The molecule has 0 atom stereocenters. The number of hydrogen-bond donors (Lipinski definition) is 1. The zero-order chi connectivity index (χ0) is 14.4. The lowest BCUT2D eigenvalue weighted by molar-refractivity contribution is 0.327. The number of nitrogens with zero attached hydrogens (tertiary/aromatic N) is 1. The molecule has 1 aromatic carbocycles. The molecule has 0 aliphatic carbocycles. The second-order valence-electron chi connectivity index (χ2n) is 4.49. The van der Waals surface area contributed by atoms with Crippen LogP contribution in [0.1, 0.15) is 18.1 Å². The second kappa shape index (κ2) is 6.80. The van der Waals surface area contributed by atoms with E-state index in [4.69, 9.17) is 9.47 Å². The van der Waals surface area contributed by atoms with Gasteiger partial charge in [-0.15, -0.1) is 0 Å². The summed E-state index contributed by atoms with van der Waals surface area (Å²) in [5, 5.41) is 3.33. The number of benzene rings is 1. The zero-order valence-electron chi connectivity index (χ0n) is 12.1. The standard InChI is InChI=1S/C16H20N2O2/c1-4-20-16-8-6-14(11-18-16)17-10-13-9-12(2)5-7-15(13)19-3/h5-9,11,17H,4,10H2,1-3H3. The van der Waals surface area contributed by atoms with Crippen LogP contribution in [0.15, 0.2) is 36.5 Å². The van der Waals surface area contributed by atoms with Gasteiger partial charge in [0.05, 0.1) is 25.6 Å². The van der Waals surface area contributed by atoms with Crippen LogP contribution < -0.4 is 14.8 Å². The van der Waals surface area contributed by atoms with Crippen LogP contribution in [-0.4, -0.2) is 18.7 Å². The average Bonchev–Trinajstić information content (AvgIpc) is 2.47. The van der Waals surface area contributed by atoms with Crippen molar-refractivity contribution >= 4 is 5.69 Å². The van der Waals surface area contributed by atoms with E-state index in [0.29, 0.717) is 19.0 Å². The third-order valence-electron chi connectivity index (χ3n) is 2.95. The molecule has 20 heavy (non-hydrogen) atoms. The molecule has 4 heteroatoms. The predicted molar refractivity (Wildman–Crippen MR) is 80.5 cm³/mol. The van der Waals surface area contributed by atoms with Gasteiger partial charge in [0.2, 0.25) is 5.88 Å². The maximum Gasteiger partial charge on any atom is 0.213 e. The number of hydrogen-bond acceptors (Lipinski definition) is 4. The highest BCUT2D eigenvalue weighted by Crippen LogP contribution is 2.21. The van der Waals surface area contributed by atoms with Gasteiger partial charge in [-0.1, -0.05) is 17.7 Å². The van der Waals surface area contributed by atoms with Crippen LogP contribution in [0.2, 0.25) is 0 Å². The Hall–Kier alpha value is -2.23. The molecule has 0 aliphatic heterocycles. The molecule has 0 spiro atoms. The maximum absolute atomic E-state index is 5.36. The van der Waals surface area contributed by atoms with Crippen molar-refractivity contribution in [3.63, 3.8) is 0 Å². The number of anilines is 1. The molecule has 0 saturated heterocycles. The van der Waals surface area contributed by atoms with E-state index in [1.807, 2.05) is 31.2 Å². The number of pyridine rings is 1. The SMILES string of the molecule is CCOc1ccc(NCc2cc(C)ccc2OC)cn1. The highest BCUT2D eigenvalue weighted by atomic mass is 16.5. The van der Waals surface area contributed by atoms with Crippen molar-refractivity contribution in [1.82, 2.24) is 4.98 Å². The molecule has 2 aromatic rings. The lowest BCUT2D eigenvalue weighted by Crippen LogP contribution is -2.03. The monoisotopic (exact) mass is 272 g/mol. The van der Waals surface area contributed by atoms with E-state index < -0.39 is 0 Å². The van der Waals surface area contributed by atoms with Crippen LogP contribution in [0.4, 0.5) is 5.69 Å². The van der Waals surface area contributed by atoms with Crippen LogP contribution in [0, 0.1) is 6.92 Å². The van der Waals surface area contributed by atoms with Gasteiger partial charge in [0.25, 0.3) is 0 Å². The van der Waals surface area contributed by atoms with E-state index in [1.54, 1.807) is 13.3 Å². The summed E-state index contributed by atoms with van der Waals surface area (Å²) in [6.07, 6.45) is 1.77. The first kappa shape index (κ1) is 14.2. The van der Waals surface area contributed by atoms with Gasteiger partial charge < -0.3 is 14.8 Å². The second-order valence-corrected chi connectivity index (χ2v) is 4.49. The van der Waals surface area contributed by atoms with Gasteiger partial charge in [-0.3, -0.25) is 0 Å². The first-order valence-corrected chi connectivity index (χ1v) is 6.69. The molecular weight excluding hydrogens is 252 g/mol. The Bertz CT molecular complexity index is 553. The fraction of sp³-hybridized carbons (Fsp3) is 0.312. The smallest absolute Gasteiger partial charge is 0.213 e. The van der Waals surface area contributed by atoms with Gasteiger partial charge in [0.1, 0.15) is 5.75 Å². The molecule has 0 radical (unpaired) electrons. The molecule has 2 rings (SSSR count). The average molecular weight is 272 g/mol. The van der Waals surface area contributed by atoms with Crippen molar-refractivity contribution in [2.45, 2.75) is 20.4 Å². The molecule has 106 valence electrons. The first-order valence-electron chi connectivity index (χ1n) is 6.69. The third-order valence-corrected chi connectivity index (χ3v) is 2.95. The summed E-state index contributed by atoms with van der Waals surface area (Å²) in [5.41, 5.74) is 3.30. The summed E-state index contributed by atoms with van der Waals surface area (Å²) < 4.78 is 10.7. The summed E-state index contributed by atoms with van der Waals surface area (Å²) in [5.74, 6) is 1.54. The molecule has 1 heterocycles. The van der Waals surface area contributed by atoms with E-state index in [2.05, 4.69) is 23.3 Å². The van der Waals surface area contributed by atoms with Crippen molar-refractivity contribution in [3.8, 4) is 11.6 Å². The van der Waals surface area contributed by atoms with Gasteiger partial charge in [-0.05, 0) is 26.0 Å². The van der Waals surface area contributed by atoms with Crippen LogP contribution in [0.25, 0.3) is 0 Å². The van der Waals surface area contributed by atoms with Gasteiger partial charge in [0.15, 0.2) is 0 Å². The minimum Gasteiger partial charge on any atom is -0.496 e. The van der Waals surface area contributed by atoms with Crippen molar-refractivity contribution < 1.29 is 9.47 Å². The Morgan fingerprint density at radius 1 is 1.20 bits per heavy atom. The Morgan fingerprint density at radius 2 is 2.05 bits per heavy atom. The molecule has 0 bridgehead atoms.